The molecule has 0 bridgehead atoms. The van der Waals surface area contributed by atoms with Gasteiger partial charge in [-0.3, -0.25) is 4.79 Å². The van der Waals surface area contributed by atoms with Gasteiger partial charge in [0.05, 0.1) is 0 Å². The third-order valence-corrected chi connectivity index (χ3v) is 3.86. The fourth-order valence-electron chi connectivity index (χ4n) is 2.64. The zero-order valence-corrected chi connectivity index (χ0v) is 11.9. The van der Waals surface area contributed by atoms with Gasteiger partial charge in [-0.25, -0.2) is 0 Å². The number of piperidine rings is 1. The van der Waals surface area contributed by atoms with Crippen molar-refractivity contribution in [3.8, 4) is 0 Å². The first-order valence-electron chi connectivity index (χ1n) is 7.12. The van der Waals surface area contributed by atoms with Crippen LogP contribution >= 0.6 is 0 Å². The number of benzene rings is 1. The molecule has 19 heavy (non-hydrogen) atoms. The average molecular weight is 261 g/mol. The van der Waals surface area contributed by atoms with Crippen molar-refractivity contribution in [3.63, 3.8) is 0 Å². The van der Waals surface area contributed by atoms with Gasteiger partial charge in [-0.2, -0.15) is 0 Å². The molecule has 0 N–H and O–H groups in total. The van der Waals surface area contributed by atoms with E-state index in [0.29, 0.717) is 6.42 Å². The number of hydrogen-bond acceptors (Lipinski definition) is 3. The van der Waals surface area contributed by atoms with Crippen molar-refractivity contribution in [3.05, 3.63) is 35.9 Å². The number of hydrogen-bond donors (Lipinski definition) is 0. The molecular formula is C16H23NO2. The Bertz CT molecular complexity index is 408. The number of ether oxygens (including phenoxy) is 1. The lowest BCUT2D eigenvalue weighted by Gasteiger charge is -2.40. The predicted octanol–water partition coefficient (Wildman–Crippen LogP) is 2.95. The third kappa shape index (κ3) is 3.35. The van der Waals surface area contributed by atoms with E-state index in [0.717, 1.165) is 37.9 Å². The molecule has 0 aliphatic carbocycles. The van der Waals surface area contributed by atoms with Crippen molar-refractivity contribution >= 4 is 5.97 Å². The van der Waals surface area contributed by atoms with Gasteiger partial charge in [-0.1, -0.05) is 37.3 Å². The van der Waals surface area contributed by atoms with Crippen LogP contribution < -0.4 is 0 Å². The summed E-state index contributed by atoms with van der Waals surface area (Å²) in [5.74, 6) is -0.0732. The number of carbonyl (C=O) groups excluding carboxylic acids is 1. The second kappa shape index (κ2) is 6.20. The first-order valence-corrected chi connectivity index (χ1v) is 7.12. The van der Waals surface area contributed by atoms with Crippen LogP contribution in [0.5, 0.6) is 0 Å². The van der Waals surface area contributed by atoms with Crippen molar-refractivity contribution in [1.29, 1.82) is 0 Å². The Morgan fingerprint density at radius 3 is 2.47 bits per heavy atom. The normalized spacial score (nSPS) is 19.1. The van der Waals surface area contributed by atoms with Crippen molar-refractivity contribution in [1.82, 2.24) is 4.90 Å². The predicted molar refractivity (Wildman–Crippen MR) is 75.9 cm³/mol. The maximum absolute atomic E-state index is 11.9. The first kappa shape index (κ1) is 14.1. The molecular weight excluding hydrogens is 238 g/mol. The Morgan fingerprint density at radius 1 is 1.26 bits per heavy atom. The van der Waals surface area contributed by atoms with E-state index >= 15 is 0 Å². The molecule has 1 aromatic carbocycles. The quantitative estimate of drug-likeness (QED) is 0.780. The van der Waals surface area contributed by atoms with Crippen LogP contribution in [-0.2, 0) is 15.1 Å². The summed E-state index contributed by atoms with van der Waals surface area (Å²) >= 11 is 0. The molecule has 0 aromatic heterocycles. The fourth-order valence-corrected chi connectivity index (χ4v) is 2.64. The Labute approximate surface area is 115 Å². The molecule has 1 heterocycles. The molecule has 2 rings (SSSR count). The van der Waals surface area contributed by atoms with Crippen LogP contribution in [0.4, 0.5) is 0 Å². The number of likely N-dealkylation sites (tertiary alicyclic amines) is 1. The molecule has 1 aliphatic rings. The summed E-state index contributed by atoms with van der Waals surface area (Å²) < 4.78 is 5.89. The van der Waals surface area contributed by atoms with Crippen molar-refractivity contribution in [2.75, 3.05) is 20.1 Å². The standard InChI is InChI=1S/C16H23NO2/c1-3-7-15(18)19-16(10-12-17(2)13-11-16)14-8-5-4-6-9-14/h4-6,8-9H,3,7,10-13H2,1-2H3. The fraction of sp³-hybridized carbons (Fsp3) is 0.562. The van der Waals surface area contributed by atoms with Crippen molar-refractivity contribution < 1.29 is 9.53 Å². The number of carbonyl (C=O) groups is 1. The zero-order chi connectivity index (χ0) is 13.7. The highest BCUT2D eigenvalue weighted by molar-refractivity contribution is 5.70. The lowest BCUT2D eigenvalue weighted by Crippen LogP contribution is -2.43. The van der Waals surface area contributed by atoms with E-state index in [1.54, 1.807) is 0 Å². The number of esters is 1. The molecule has 3 heteroatoms. The van der Waals surface area contributed by atoms with Gasteiger partial charge in [0, 0.05) is 32.4 Å². The van der Waals surface area contributed by atoms with Gasteiger partial charge in [0.25, 0.3) is 0 Å². The summed E-state index contributed by atoms with van der Waals surface area (Å²) in [5.41, 5.74) is 0.715. The Kier molecular flexibility index (Phi) is 4.59. The minimum absolute atomic E-state index is 0.0732. The van der Waals surface area contributed by atoms with E-state index in [1.165, 1.54) is 0 Å². The van der Waals surface area contributed by atoms with E-state index in [9.17, 15) is 4.79 Å². The SMILES string of the molecule is CCCC(=O)OC1(c2ccccc2)CCN(C)CC1. The van der Waals surface area contributed by atoms with Gasteiger partial charge in [0.15, 0.2) is 0 Å². The van der Waals surface area contributed by atoms with Gasteiger partial charge >= 0.3 is 5.97 Å². The van der Waals surface area contributed by atoms with Gasteiger partial charge < -0.3 is 9.64 Å². The average Bonchev–Trinajstić information content (AvgIpc) is 2.43. The van der Waals surface area contributed by atoms with Gasteiger partial charge in [-0.05, 0) is 19.0 Å². The van der Waals surface area contributed by atoms with Crippen molar-refractivity contribution in [2.45, 2.75) is 38.2 Å². The van der Waals surface area contributed by atoms with E-state index < -0.39 is 5.60 Å². The monoisotopic (exact) mass is 261 g/mol. The van der Waals surface area contributed by atoms with Crippen LogP contribution in [-0.4, -0.2) is 31.0 Å². The van der Waals surface area contributed by atoms with Gasteiger partial charge in [0.1, 0.15) is 5.60 Å². The van der Waals surface area contributed by atoms with Crippen LogP contribution in [0.25, 0.3) is 0 Å². The highest BCUT2D eigenvalue weighted by Gasteiger charge is 2.38. The molecule has 1 aliphatic heterocycles. The minimum Gasteiger partial charge on any atom is -0.454 e. The second-order valence-electron chi connectivity index (χ2n) is 5.39. The molecule has 3 nitrogen and oxygen atoms in total. The molecule has 0 atom stereocenters. The highest BCUT2D eigenvalue weighted by atomic mass is 16.6. The Morgan fingerprint density at radius 2 is 1.89 bits per heavy atom. The summed E-state index contributed by atoms with van der Waals surface area (Å²) in [7, 11) is 2.11. The molecule has 1 fully saturated rings. The van der Waals surface area contributed by atoms with Crippen LogP contribution in [0.3, 0.4) is 0 Å². The van der Waals surface area contributed by atoms with Crippen LogP contribution in [0, 0.1) is 0 Å². The van der Waals surface area contributed by atoms with Crippen LogP contribution in [0.2, 0.25) is 0 Å². The molecule has 0 saturated carbocycles. The summed E-state index contributed by atoms with van der Waals surface area (Å²) in [6, 6.07) is 10.2. The lowest BCUT2D eigenvalue weighted by atomic mass is 9.84. The summed E-state index contributed by atoms with van der Waals surface area (Å²) in [4.78, 5) is 14.2. The van der Waals surface area contributed by atoms with Crippen molar-refractivity contribution in [2.24, 2.45) is 0 Å². The molecule has 104 valence electrons. The second-order valence-corrected chi connectivity index (χ2v) is 5.39. The summed E-state index contributed by atoms with van der Waals surface area (Å²) in [6.45, 7) is 3.94. The molecule has 0 radical (unpaired) electrons. The largest absolute Gasteiger partial charge is 0.454 e. The minimum atomic E-state index is -0.417. The summed E-state index contributed by atoms with van der Waals surface area (Å²) in [5, 5.41) is 0. The van der Waals surface area contributed by atoms with E-state index in [1.807, 2.05) is 25.1 Å². The lowest BCUT2D eigenvalue weighted by molar-refractivity contribution is -0.166. The van der Waals surface area contributed by atoms with E-state index in [2.05, 4.69) is 24.1 Å². The van der Waals surface area contributed by atoms with Gasteiger partial charge in [-0.15, -0.1) is 0 Å². The third-order valence-electron chi connectivity index (χ3n) is 3.86. The topological polar surface area (TPSA) is 29.5 Å². The molecule has 0 amide bonds. The summed E-state index contributed by atoms with van der Waals surface area (Å²) in [6.07, 6.45) is 3.10. The maximum atomic E-state index is 11.9. The molecule has 1 aromatic rings. The van der Waals surface area contributed by atoms with Gasteiger partial charge in [0.2, 0.25) is 0 Å². The van der Waals surface area contributed by atoms with Crippen LogP contribution in [0.1, 0.15) is 38.2 Å². The van der Waals surface area contributed by atoms with E-state index in [-0.39, 0.29) is 5.97 Å². The number of nitrogens with zero attached hydrogens (tertiary/aromatic N) is 1. The smallest absolute Gasteiger partial charge is 0.306 e. The molecule has 0 spiro atoms. The van der Waals surface area contributed by atoms with Crippen LogP contribution in [0.15, 0.2) is 30.3 Å². The zero-order valence-electron chi connectivity index (χ0n) is 11.9. The molecule has 1 saturated heterocycles. The first-order chi connectivity index (χ1) is 9.16. The Balaban J connectivity index is 2.21. The van der Waals surface area contributed by atoms with E-state index in [4.69, 9.17) is 4.74 Å². The Hall–Kier alpha value is -1.35. The maximum Gasteiger partial charge on any atom is 0.306 e. The molecule has 0 unspecified atom stereocenters. The number of rotatable bonds is 4. The highest BCUT2D eigenvalue weighted by Crippen LogP contribution is 2.36.